The van der Waals surface area contributed by atoms with E-state index in [9.17, 15) is 0 Å². The largest absolute Gasteiger partial charge is 0.330 e. The van der Waals surface area contributed by atoms with Gasteiger partial charge in [-0.1, -0.05) is 12.5 Å². The van der Waals surface area contributed by atoms with E-state index in [0.29, 0.717) is 6.04 Å². The first-order valence-corrected chi connectivity index (χ1v) is 7.18. The highest BCUT2D eigenvalue weighted by Gasteiger charge is 2.21. The van der Waals surface area contributed by atoms with Gasteiger partial charge in [-0.15, -0.1) is 0 Å². The maximum atomic E-state index is 8.91. The van der Waals surface area contributed by atoms with Gasteiger partial charge in [-0.2, -0.15) is 5.26 Å². The number of nitriles is 1. The van der Waals surface area contributed by atoms with Crippen molar-refractivity contribution in [3.05, 3.63) is 34.9 Å². The smallest absolute Gasteiger partial charge is 0.0991 e. The number of hydrogen-bond acceptors (Lipinski definition) is 3. The lowest BCUT2D eigenvalue weighted by Crippen LogP contribution is -2.40. The Morgan fingerprint density at radius 3 is 2.95 bits per heavy atom. The fraction of sp³-hybridized carbons (Fsp3) is 0.562. The maximum Gasteiger partial charge on any atom is 0.0991 e. The zero-order valence-corrected chi connectivity index (χ0v) is 11.7. The fourth-order valence-electron chi connectivity index (χ4n) is 2.95. The van der Waals surface area contributed by atoms with Gasteiger partial charge >= 0.3 is 0 Å². The van der Waals surface area contributed by atoms with Gasteiger partial charge in [0, 0.05) is 12.6 Å². The summed E-state index contributed by atoms with van der Waals surface area (Å²) in [7, 11) is 0. The number of piperidine rings is 1. The minimum Gasteiger partial charge on any atom is -0.330 e. The average molecular weight is 257 g/mol. The molecule has 0 aliphatic carbocycles. The third-order valence-corrected chi connectivity index (χ3v) is 4.09. The van der Waals surface area contributed by atoms with E-state index in [1.807, 2.05) is 12.1 Å². The minimum absolute atomic E-state index is 0.633. The summed E-state index contributed by atoms with van der Waals surface area (Å²) in [4.78, 5) is 2.56. The molecule has 3 heteroatoms. The van der Waals surface area contributed by atoms with Crippen LogP contribution in [0, 0.1) is 18.3 Å². The fourth-order valence-corrected chi connectivity index (χ4v) is 2.95. The third-order valence-electron chi connectivity index (χ3n) is 4.09. The van der Waals surface area contributed by atoms with E-state index >= 15 is 0 Å². The average Bonchev–Trinajstić information content (AvgIpc) is 2.43. The summed E-state index contributed by atoms with van der Waals surface area (Å²) in [6, 6.07) is 8.83. The van der Waals surface area contributed by atoms with Gasteiger partial charge in [-0.05, 0) is 62.5 Å². The normalized spacial score (nSPS) is 20.2. The Balaban J connectivity index is 2.08. The summed E-state index contributed by atoms with van der Waals surface area (Å²) in [6.45, 7) is 5.03. The van der Waals surface area contributed by atoms with Crippen LogP contribution in [0.15, 0.2) is 18.2 Å². The highest BCUT2D eigenvalue weighted by Crippen LogP contribution is 2.23. The summed E-state index contributed by atoms with van der Waals surface area (Å²) in [6.07, 6.45) is 4.98. The Hall–Kier alpha value is -1.37. The summed E-state index contributed by atoms with van der Waals surface area (Å²) >= 11 is 0. The molecular weight excluding hydrogens is 234 g/mol. The highest BCUT2D eigenvalue weighted by atomic mass is 15.2. The molecule has 2 rings (SSSR count). The lowest BCUT2D eigenvalue weighted by molar-refractivity contribution is 0.134. The number of hydrogen-bond donors (Lipinski definition) is 1. The lowest BCUT2D eigenvalue weighted by atomic mass is 9.97. The lowest BCUT2D eigenvalue weighted by Gasteiger charge is -2.36. The van der Waals surface area contributed by atoms with E-state index < -0.39 is 0 Å². The molecule has 1 aliphatic heterocycles. The molecule has 1 unspecified atom stereocenters. The van der Waals surface area contributed by atoms with Crippen LogP contribution >= 0.6 is 0 Å². The quantitative estimate of drug-likeness (QED) is 0.902. The van der Waals surface area contributed by atoms with E-state index in [1.54, 1.807) is 0 Å². The monoisotopic (exact) mass is 257 g/mol. The van der Waals surface area contributed by atoms with Crippen molar-refractivity contribution in [2.45, 2.75) is 45.2 Å². The number of rotatable bonds is 4. The first kappa shape index (κ1) is 14.0. The van der Waals surface area contributed by atoms with Crippen LogP contribution in [0.1, 0.15) is 42.4 Å². The summed E-state index contributed by atoms with van der Waals surface area (Å²) in [5.41, 5.74) is 9.02. The van der Waals surface area contributed by atoms with Crippen LogP contribution in [0.3, 0.4) is 0 Å². The second-order valence-electron chi connectivity index (χ2n) is 5.45. The van der Waals surface area contributed by atoms with Gasteiger partial charge in [0.05, 0.1) is 11.6 Å². The molecular formula is C16H23N3. The number of likely N-dealkylation sites (tertiary alicyclic amines) is 1. The minimum atomic E-state index is 0.633. The van der Waals surface area contributed by atoms with Gasteiger partial charge in [0.25, 0.3) is 0 Å². The zero-order valence-electron chi connectivity index (χ0n) is 11.7. The van der Waals surface area contributed by atoms with E-state index in [0.717, 1.165) is 25.1 Å². The molecule has 1 aromatic carbocycles. The summed E-state index contributed by atoms with van der Waals surface area (Å²) in [5, 5.41) is 8.91. The van der Waals surface area contributed by atoms with Crippen molar-refractivity contribution < 1.29 is 0 Å². The molecule has 1 saturated heterocycles. The molecule has 3 nitrogen and oxygen atoms in total. The Labute approximate surface area is 116 Å². The van der Waals surface area contributed by atoms with Crippen molar-refractivity contribution in [1.82, 2.24) is 4.90 Å². The molecule has 0 amide bonds. The van der Waals surface area contributed by atoms with Gasteiger partial charge in [-0.3, -0.25) is 4.90 Å². The number of nitrogens with two attached hydrogens (primary N) is 1. The van der Waals surface area contributed by atoms with Crippen molar-refractivity contribution in [3.8, 4) is 6.07 Å². The zero-order chi connectivity index (χ0) is 13.7. The van der Waals surface area contributed by atoms with Crippen LogP contribution in [-0.2, 0) is 6.54 Å². The molecule has 102 valence electrons. The van der Waals surface area contributed by atoms with Crippen LogP contribution < -0.4 is 5.73 Å². The van der Waals surface area contributed by atoms with Crippen molar-refractivity contribution in [2.24, 2.45) is 5.73 Å². The summed E-state index contributed by atoms with van der Waals surface area (Å²) in [5.74, 6) is 0. The van der Waals surface area contributed by atoms with Crippen LogP contribution in [0.5, 0.6) is 0 Å². The van der Waals surface area contributed by atoms with Gasteiger partial charge in [-0.25, -0.2) is 0 Å². The Morgan fingerprint density at radius 1 is 1.42 bits per heavy atom. The standard InChI is InChI=1S/C16H23N3/c1-13-10-14(11-18)5-6-15(13)12-19-9-3-2-4-16(19)7-8-17/h5-6,10,16H,2-4,7-9,12,17H2,1H3. The van der Waals surface area contributed by atoms with Crippen molar-refractivity contribution in [1.29, 1.82) is 5.26 Å². The highest BCUT2D eigenvalue weighted by molar-refractivity contribution is 5.37. The van der Waals surface area contributed by atoms with Crippen LogP contribution in [0.25, 0.3) is 0 Å². The Kier molecular flexibility index (Phi) is 4.95. The molecule has 0 aromatic heterocycles. The first-order chi connectivity index (χ1) is 9.24. The molecule has 1 fully saturated rings. The SMILES string of the molecule is Cc1cc(C#N)ccc1CN1CCCCC1CCN. The van der Waals surface area contributed by atoms with Crippen LogP contribution in [-0.4, -0.2) is 24.0 Å². The molecule has 1 heterocycles. The first-order valence-electron chi connectivity index (χ1n) is 7.18. The van der Waals surface area contributed by atoms with Crippen molar-refractivity contribution in [2.75, 3.05) is 13.1 Å². The molecule has 0 spiro atoms. The van der Waals surface area contributed by atoms with E-state index in [4.69, 9.17) is 11.0 Å². The number of aryl methyl sites for hydroxylation is 1. The molecule has 2 N–H and O–H groups in total. The molecule has 0 bridgehead atoms. The number of nitrogens with zero attached hydrogens (tertiary/aromatic N) is 2. The van der Waals surface area contributed by atoms with Gasteiger partial charge in [0.1, 0.15) is 0 Å². The van der Waals surface area contributed by atoms with Crippen LogP contribution in [0.4, 0.5) is 0 Å². The van der Waals surface area contributed by atoms with Crippen molar-refractivity contribution >= 4 is 0 Å². The van der Waals surface area contributed by atoms with Crippen molar-refractivity contribution in [3.63, 3.8) is 0 Å². The van der Waals surface area contributed by atoms with Gasteiger partial charge in [0.15, 0.2) is 0 Å². The Morgan fingerprint density at radius 2 is 2.26 bits per heavy atom. The second kappa shape index (κ2) is 6.70. The predicted octanol–water partition coefficient (Wildman–Crippen LogP) is 2.57. The molecule has 0 radical (unpaired) electrons. The topological polar surface area (TPSA) is 53.0 Å². The molecule has 19 heavy (non-hydrogen) atoms. The molecule has 1 aliphatic rings. The molecule has 1 aromatic rings. The Bertz CT molecular complexity index is 460. The van der Waals surface area contributed by atoms with E-state index in [2.05, 4.69) is 24.0 Å². The second-order valence-corrected chi connectivity index (χ2v) is 5.45. The third kappa shape index (κ3) is 3.56. The predicted molar refractivity (Wildman–Crippen MR) is 77.6 cm³/mol. The molecule has 1 atom stereocenters. The summed E-state index contributed by atoms with van der Waals surface area (Å²) < 4.78 is 0. The van der Waals surface area contributed by atoms with Crippen LogP contribution in [0.2, 0.25) is 0 Å². The van der Waals surface area contributed by atoms with E-state index in [1.165, 1.54) is 36.9 Å². The van der Waals surface area contributed by atoms with Gasteiger partial charge in [0.2, 0.25) is 0 Å². The molecule has 0 saturated carbocycles. The van der Waals surface area contributed by atoms with Gasteiger partial charge < -0.3 is 5.73 Å². The number of benzene rings is 1. The van der Waals surface area contributed by atoms with E-state index in [-0.39, 0.29) is 0 Å². The maximum absolute atomic E-state index is 8.91.